The van der Waals surface area contributed by atoms with Crippen LogP contribution in [-0.4, -0.2) is 43.6 Å². The van der Waals surface area contributed by atoms with Crippen LogP contribution in [0.4, 0.5) is 0 Å². The fourth-order valence-electron chi connectivity index (χ4n) is 2.18. The van der Waals surface area contributed by atoms with Gasteiger partial charge in [0.1, 0.15) is 0 Å². The molecule has 0 aromatic carbocycles. The molecule has 2 nitrogen and oxygen atoms in total. The van der Waals surface area contributed by atoms with Gasteiger partial charge in [0.25, 0.3) is 0 Å². The fourth-order valence-corrected chi connectivity index (χ4v) is 2.67. The van der Waals surface area contributed by atoms with Gasteiger partial charge in [-0.05, 0) is 57.0 Å². The lowest BCUT2D eigenvalue weighted by Gasteiger charge is -2.31. The van der Waals surface area contributed by atoms with Crippen LogP contribution in [0.5, 0.6) is 0 Å². The Morgan fingerprint density at radius 3 is 2.29 bits per heavy atom. The van der Waals surface area contributed by atoms with Gasteiger partial charge in [-0.1, -0.05) is 20.8 Å². The zero-order valence-corrected chi connectivity index (χ0v) is 13.3. The molecule has 17 heavy (non-hydrogen) atoms. The summed E-state index contributed by atoms with van der Waals surface area (Å²) < 4.78 is 0. The van der Waals surface area contributed by atoms with Crippen molar-refractivity contribution in [3.8, 4) is 0 Å². The molecule has 0 heterocycles. The van der Waals surface area contributed by atoms with Crippen molar-refractivity contribution in [3.63, 3.8) is 0 Å². The van der Waals surface area contributed by atoms with E-state index in [2.05, 4.69) is 39.0 Å². The minimum Gasteiger partial charge on any atom is -0.330 e. The van der Waals surface area contributed by atoms with Crippen LogP contribution in [0.25, 0.3) is 0 Å². The molecule has 0 aliphatic rings. The first kappa shape index (κ1) is 17.3. The molecule has 0 saturated heterocycles. The lowest BCUT2D eigenvalue weighted by Crippen LogP contribution is -2.26. The van der Waals surface area contributed by atoms with E-state index in [9.17, 15) is 0 Å². The Balaban J connectivity index is 3.82. The molecule has 0 aliphatic heterocycles. The van der Waals surface area contributed by atoms with Crippen molar-refractivity contribution in [2.24, 2.45) is 17.1 Å². The van der Waals surface area contributed by atoms with Crippen molar-refractivity contribution in [2.45, 2.75) is 40.0 Å². The predicted molar refractivity (Wildman–Crippen MR) is 81.7 cm³/mol. The van der Waals surface area contributed by atoms with Crippen molar-refractivity contribution in [1.29, 1.82) is 0 Å². The lowest BCUT2D eigenvalue weighted by atomic mass is 9.76. The predicted octanol–water partition coefficient (Wildman–Crippen LogP) is 3.07. The van der Waals surface area contributed by atoms with Crippen LogP contribution in [0.2, 0.25) is 0 Å². The van der Waals surface area contributed by atoms with E-state index in [0.29, 0.717) is 5.41 Å². The summed E-state index contributed by atoms with van der Waals surface area (Å²) in [6.07, 6.45) is 5.94. The molecular weight excluding hydrogens is 228 g/mol. The number of rotatable bonds is 9. The Hall–Kier alpha value is 0.270. The minimum atomic E-state index is 0.400. The summed E-state index contributed by atoms with van der Waals surface area (Å²) in [4.78, 5) is 2.44. The molecule has 0 fully saturated rings. The van der Waals surface area contributed by atoms with Crippen LogP contribution in [0.1, 0.15) is 40.0 Å². The smallest absolute Gasteiger partial charge is 0.00692 e. The van der Waals surface area contributed by atoms with Crippen molar-refractivity contribution in [2.75, 3.05) is 38.7 Å². The maximum absolute atomic E-state index is 5.71. The highest BCUT2D eigenvalue weighted by atomic mass is 32.2. The highest BCUT2D eigenvalue weighted by Gasteiger charge is 2.23. The molecule has 0 saturated carbocycles. The third kappa shape index (κ3) is 8.92. The number of thioether (sulfide) groups is 1. The molecule has 0 amide bonds. The van der Waals surface area contributed by atoms with E-state index in [1.54, 1.807) is 0 Å². The first-order valence-corrected chi connectivity index (χ1v) is 8.18. The molecule has 0 bridgehead atoms. The summed E-state index contributed by atoms with van der Waals surface area (Å²) in [6, 6.07) is 0. The second-order valence-electron chi connectivity index (χ2n) is 6.08. The van der Waals surface area contributed by atoms with Gasteiger partial charge in [-0.25, -0.2) is 0 Å². The quantitative estimate of drug-likeness (QED) is 0.691. The van der Waals surface area contributed by atoms with E-state index >= 15 is 0 Å². The van der Waals surface area contributed by atoms with Gasteiger partial charge in [0.05, 0.1) is 0 Å². The average molecular weight is 260 g/mol. The Labute approximate surface area is 113 Å². The zero-order valence-electron chi connectivity index (χ0n) is 12.5. The van der Waals surface area contributed by atoms with Crippen LogP contribution in [0.3, 0.4) is 0 Å². The molecule has 0 spiro atoms. The third-order valence-electron chi connectivity index (χ3n) is 3.51. The van der Waals surface area contributed by atoms with Gasteiger partial charge in [0.2, 0.25) is 0 Å². The van der Waals surface area contributed by atoms with Crippen LogP contribution < -0.4 is 5.73 Å². The highest BCUT2D eigenvalue weighted by molar-refractivity contribution is 7.98. The largest absolute Gasteiger partial charge is 0.330 e. The van der Waals surface area contributed by atoms with Gasteiger partial charge in [-0.3, -0.25) is 0 Å². The first-order chi connectivity index (χ1) is 7.91. The van der Waals surface area contributed by atoms with Crippen molar-refractivity contribution >= 4 is 11.8 Å². The van der Waals surface area contributed by atoms with Crippen LogP contribution >= 0.6 is 11.8 Å². The third-order valence-corrected chi connectivity index (χ3v) is 4.10. The Bertz CT molecular complexity index is 178. The summed E-state index contributed by atoms with van der Waals surface area (Å²) in [5.41, 5.74) is 6.11. The molecular formula is C14H32N2S. The summed E-state index contributed by atoms with van der Waals surface area (Å²) in [6.45, 7) is 10.3. The standard InChI is InChI=1S/C14H32N2S/c1-14(2,3)13(8-9-15)7-6-10-16(4)11-12-17-5/h13H,6-12,15H2,1-5H3. The monoisotopic (exact) mass is 260 g/mol. The topological polar surface area (TPSA) is 29.3 Å². The van der Waals surface area contributed by atoms with Crippen molar-refractivity contribution < 1.29 is 0 Å². The second-order valence-corrected chi connectivity index (χ2v) is 7.06. The Kier molecular flexibility index (Phi) is 9.38. The van der Waals surface area contributed by atoms with E-state index in [4.69, 9.17) is 5.73 Å². The minimum absolute atomic E-state index is 0.400. The second kappa shape index (κ2) is 9.23. The summed E-state index contributed by atoms with van der Waals surface area (Å²) in [5.74, 6) is 2.00. The van der Waals surface area contributed by atoms with Crippen molar-refractivity contribution in [1.82, 2.24) is 4.90 Å². The average Bonchev–Trinajstić information content (AvgIpc) is 2.23. The Morgan fingerprint density at radius 1 is 1.18 bits per heavy atom. The fraction of sp³-hybridized carbons (Fsp3) is 1.00. The van der Waals surface area contributed by atoms with E-state index in [0.717, 1.165) is 18.9 Å². The van der Waals surface area contributed by atoms with Gasteiger partial charge in [-0.15, -0.1) is 0 Å². The first-order valence-electron chi connectivity index (χ1n) is 6.79. The Morgan fingerprint density at radius 2 is 1.82 bits per heavy atom. The number of nitrogens with two attached hydrogens (primary N) is 1. The molecule has 1 unspecified atom stereocenters. The van der Waals surface area contributed by atoms with Gasteiger partial charge >= 0.3 is 0 Å². The molecule has 104 valence electrons. The molecule has 0 aromatic rings. The number of nitrogens with zero attached hydrogens (tertiary/aromatic N) is 1. The maximum atomic E-state index is 5.71. The van der Waals surface area contributed by atoms with Gasteiger partial charge in [0, 0.05) is 12.3 Å². The van der Waals surface area contributed by atoms with Crippen LogP contribution in [0, 0.1) is 11.3 Å². The van der Waals surface area contributed by atoms with Gasteiger partial charge in [-0.2, -0.15) is 11.8 Å². The number of hydrogen-bond donors (Lipinski definition) is 1. The highest BCUT2D eigenvalue weighted by Crippen LogP contribution is 2.32. The normalized spacial score (nSPS) is 14.3. The summed E-state index contributed by atoms with van der Waals surface area (Å²) in [5, 5.41) is 0. The molecule has 1 atom stereocenters. The molecule has 3 heteroatoms. The maximum Gasteiger partial charge on any atom is 0.00692 e. The van der Waals surface area contributed by atoms with Crippen LogP contribution in [-0.2, 0) is 0 Å². The summed E-state index contributed by atoms with van der Waals surface area (Å²) in [7, 11) is 2.23. The van der Waals surface area contributed by atoms with Gasteiger partial charge in [0.15, 0.2) is 0 Å². The van der Waals surface area contributed by atoms with E-state index < -0.39 is 0 Å². The van der Waals surface area contributed by atoms with E-state index in [1.165, 1.54) is 31.7 Å². The molecule has 0 radical (unpaired) electrons. The van der Waals surface area contributed by atoms with E-state index in [-0.39, 0.29) is 0 Å². The van der Waals surface area contributed by atoms with Crippen LogP contribution in [0.15, 0.2) is 0 Å². The van der Waals surface area contributed by atoms with E-state index in [1.807, 2.05) is 11.8 Å². The molecule has 0 rings (SSSR count). The number of hydrogen-bond acceptors (Lipinski definition) is 3. The molecule has 0 aliphatic carbocycles. The summed E-state index contributed by atoms with van der Waals surface area (Å²) >= 11 is 1.92. The lowest BCUT2D eigenvalue weighted by molar-refractivity contribution is 0.201. The van der Waals surface area contributed by atoms with Crippen molar-refractivity contribution in [3.05, 3.63) is 0 Å². The zero-order chi connectivity index (χ0) is 13.3. The van der Waals surface area contributed by atoms with Gasteiger partial charge < -0.3 is 10.6 Å². The molecule has 2 N–H and O–H groups in total. The SMILES string of the molecule is CSCCN(C)CCCC(CCN)C(C)(C)C. The molecule has 0 aromatic heterocycles.